The molecular weight excluding hydrogens is 276 g/mol. The summed E-state index contributed by atoms with van der Waals surface area (Å²) in [5, 5.41) is 9.40. The molecule has 0 amide bonds. The highest BCUT2D eigenvalue weighted by Gasteiger charge is 2.19. The summed E-state index contributed by atoms with van der Waals surface area (Å²) in [5.74, 6) is -0.514. The number of rotatable bonds is 6. The lowest BCUT2D eigenvalue weighted by Crippen LogP contribution is -2.15. The second-order valence-corrected chi connectivity index (χ2v) is 5.64. The van der Waals surface area contributed by atoms with E-state index in [1.165, 1.54) is 11.1 Å². The van der Waals surface area contributed by atoms with Gasteiger partial charge >= 0.3 is 5.97 Å². The van der Waals surface area contributed by atoms with Gasteiger partial charge in [-0.05, 0) is 55.5 Å². The van der Waals surface area contributed by atoms with Crippen LogP contribution in [0.5, 0.6) is 5.75 Å². The van der Waals surface area contributed by atoms with E-state index < -0.39 is 11.9 Å². The van der Waals surface area contributed by atoms with E-state index in [9.17, 15) is 9.90 Å². The van der Waals surface area contributed by atoms with Crippen LogP contribution in [0.3, 0.4) is 0 Å². The van der Waals surface area contributed by atoms with Crippen LogP contribution in [0.25, 0.3) is 0 Å². The Bertz CT molecular complexity index is 647. The fraction of sp³-hybridized carbons (Fsp3) is 0.316. The molecule has 0 heterocycles. The van der Waals surface area contributed by atoms with Gasteiger partial charge < -0.3 is 9.84 Å². The van der Waals surface area contributed by atoms with Crippen LogP contribution >= 0.6 is 0 Å². The highest BCUT2D eigenvalue weighted by molar-refractivity contribution is 5.76. The van der Waals surface area contributed by atoms with E-state index in [0.29, 0.717) is 13.0 Å². The summed E-state index contributed by atoms with van der Waals surface area (Å²) in [7, 11) is 0. The van der Waals surface area contributed by atoms with Crippen molar-refractivity contribution in [2.24, 2.45) is 0 Å². The third kappa shape index (κ3) is 3.88. The second kappa shape index (κ2) is 7.12. The van der Waals surface area contributed by atoms with Gasteiger partial charge in [0.05, 0.1) is 12.5 Å². The quantitative estimate of drug-likeness (QED) is 0.867. The minimum atomic E-state index is -0.813. The van der Waals surface area contributed by atoms with E-state index in [-0.39, 0.29) is 0 Å². The van der Waals surface area contributed by atoms with Gasteiger partial charge in [-0.3, -0.25) is 4.79 Å². The van der Waals surface area contributed by atoms with Crippen molar-refractivity contribution in [1.82, 2.24) is 0 Å². The minimum absolute atomic E-state index is 0.384. The molecule has 116 valence electrons. The van der Waals surface area contributed by atoms with E-state index in [1.54, 1.807) is 0 Å². The molecule has 1 unspecified atom stereocenters. The van der Waals surface area contributed by atoms with Gasteiger partial charge in [-0.25, -0.2) is 0 Å². The molecule has 0 aliphatic carbocycles. The van der Waals surface area contributed by atoms with Crippen molar-refractivity contribution >= 4 is 5.97 Å². The summed E-state index contributed by atoms with van der Waals surface area (Å²) < 4.78 is 5.81. The molecule has 1 atom stereocenters. The number of aryl methyl sites for hydroxylation is 3. The lowest BCUT2D eigenvalue weighted by atomic mass is 9.96. The van der Waals surface area contributed by atoms with Crippen LogP contribution in [0.4, 0.5) is 0 Å². The molecule has 0 radical (unpaired) electrons. The van der Waals surface area contributed by atoms with Crippen molar-refractivity contribution in [3.8, 4) is 5.75 Å². The number of aliphatic carboxylic acids is 1. The van der Waals surface area contributed by atoms with Gasteiger partial charge in [-0.1, -0.05) is 36.4 Å². The molecule has 0 saturated carbocycles. The Hall–Kier alpha value is -2.29. The molecule has 0 aliphatic rings. The lowest BCUT2D eigenvalue weighted by molar-refractivity contribution is -0.139. The molecule has 22 heavy (non-hydrogen) atoms. The normalized spacial score (nSPS) is 12.0. The van der Waals surface area contributed by atoms with Crippen LogP contribution in [0, 0.1) is 20.8 Å². The fourth-order valence-corrected chi connectivity index (χ4v) is 2.49. The average Bonchev–Trinajstić information content (AvgIpc) is 2.49. The zero-order valence-electron chi connectivity index (χ0n) is 13.3. The van der Waals surface area contributed by atoms with Crippen molar-refractivity contribution in [2.75, 3.05) is 6.61 Å². The Morgan fingerprint density at radius 3 is 2.32 bits per heavy atom. The van der Waals surface area contributed by atoms with Gasteiger partial charge in [-0.2, -0.15) is 0 Å². The fourth-order valence-electron chi connectivity index (χ4n) is 2.49. The lowest BCUT2D eigenvalue weighted by Gasteiger charge is -2.15. The Labute approximate surface area is 131 Å². The van der Waals surface area contributed by atoms with Crippen LogP contribution < -0.4 is 4.74 Å². The number of benzene rings is 2. The van der Waals surface area contributed by atoms with Crippen LogP contribution in [0.1, 0.15) is 34.6 Å². The van der Waals surface area contributed by atoms with E-state index >= 15 is 0 Å². The summed E-state index contributed by atoms with van der Waals surface area (Å²) in [6.45, 7) is 6.51. The summed E-state index contributed by atoms with van der Waals surface area (Å²) in [5.41, 5.74) is 4.31. The highest BCUT2D eigenvalue weighted by Crippen LogP contribution is 2.24. The van der Waals surface area contributed by atoms with Gasteiger partial charge in [0.25, 0.3) is 0 Å². The molecule has 0 aliphatic heterocycles. The van der Waals surface area contributed by atoms with E-state index in [4.69, 9.17) is 4.74 Å². The van der Waals surface area contributed by atoms with E-state index in [2.05, 4.69) is 13.0 Å². The molecule has 3 nitrogen and oxygen atoms in total. The zero-order valence-corrected chi connectivity index (χ0v) is 13.3. The van der Waals surface area contributed by atoms with Gasteiger partial charge in [-0.15, -0.1) is 0 Å². The maximum atomic E-state index is 11.5. The smallest absolute Gasteiger partial charge is 0.311 e. The van der Waals surface area contributed by atoms with Crippen LogP contribution in [-0.2, 0) is 4.79 Å². The van der Waals surface area contributed by atoms with Crippen LogP contribution in [0.2, 0.25) is 0 Å². The summed E-state index contributed by atoms with van der Waals surface area (Å²) in [6.07, 6.45) is 0.450. The third-order valence-electron chi connectivity index (χ3n) is 3.96. The molecule has 2 rings (SSSR count). The number of ether oxygens (including phenoxy) is 1. The van der Waals surface area contributed by atoms with Crippen molar-refractivity contribution < 1.29 is 14.6 Å². The summed E-state index contributed by atoms with van der Waals surface area (Å²) in [4.78, 5) is 11.5. The van der Waals surface area contributed by atoms with Gasteiger partial charge in [0.15, 0.2) is 0 Å². The Kier molecular flexibility index (Phi) is 5.21. The Morgan fingerprint density at radius 2 is 1.68 bits per heavy atom. The first-order valence-corrected chi connectivity index (χ1v) is 7.47. The van der Waals surface area contributed by atoms with Crippen molar-refractivity contribution in [2.45, 2.75) is 33.1 Å². The van der Waals surface area contributed by atoms with Crippen LogP contribution in [0.15, 0.2) is 42.5 Å². The molecule has 0 bridgehead atoms. The van der Waals surface area contributed by atoms with E-state index in [0.717, 1.165) is 16.9 Å². The average molecular weight is 298 g/mol. The largest absolute Gasteiger partial charge is 0.493 e. The SMILES string of the molecule is Cc1cc(C)c(OCCC(C(=O)O)c2ccccc2)cc1C. The summed E-state index contributed by atoms with van der Waals surface area (Å²) >= 11 is 0. The first kappa shape index (κ1) is 16.1. The van der Waals surface area contributed by atoms with Gasteiger partial charge in [0.1, 0.15) is 5.75 Å². The van der Waals surface area contributed by atoms with Crippen molar-refractivity contribution in [3.05, 3.63) is 64.7 Å². The Morgan fingerprint density at radius 1 is 1.05 bits per heavy atom. The molecule has 2 aromatic rings. The zero-order chi connectivity index (χ0) is 16.1. The highest BCUT2D eigenvalue weighted by atomic mass is 16.5. The van der Waals surface area contributed by atoms with Gasteiger partial charge in [0.2, 0.25) is 0 Å². The summed E-state index contributed by atoms with van der Waals surface area (Å²) in [6, 6.07) is 13.4. The topological polar surface area (TPSA) is 46.5 Å². The first-order chi connectivity index (χ1) is 10.5. The number of carboxylic acids is 1. The van der Waals surface area contributed by atoms with Crippen LogP contribution in [-0.4, -0.2) is 17.7 Å². The Balaban J connectivity index is 2.03. The molecule has 2 aromatic carbocycles. The monoisotopic (exact) mass is 298 g/mol. The molecule has 0 fully saturated rings. The molecule has 3 heteroatoms. The van der Waals surface area contributed by atoms with E-state index in [1.807, 2.05) is 50.2 Å². The minimum Gasteiger partial charge on any atom is -0.493 e. The first-order valence-electron chi connectivity index (χ1n) is 7.47. The predicted molar refractivity (Wildman–Crippen MR) is 87.6 cm³/mol. The number of hydrogen-bond donors (Lipinski definition) is 1. The number of carbonyl (C=O) groups is 1. The van der Waals surface area contributed by atoms with Crippen molar-refractivity contribution in [1.29, 1.82) is 0 Å². The maximum absolute atomic E-state index is 11.5. The van der Waals surface area contributed by atoms with Gasteiger partial charge in [0, 0.05) is 0 Å². The number of carboxylic acid groups (broad SMARTS) is 1. The molecule has 0 saturated heterocycles. The number of hydrogen-bond acceptors (Lipinski definition) is 2. The molecule has 0 aromatic heterocycles. The van der Waals surface area contributed by atoms with Crippen molar-refractivity contribution in [3.63, 3.8) is 0 Å². The molecular formula is C19H22O3. The standard InChI is InChI=1S/C19H22O3/c1-13-11-15(3)18(12-14(13)2)22-10-9-17(19(20)21)16-7-5-4-6-8-16/h4-8,11-12,17H,9-10H2,1-3H3,(H,20,21). The maximum Gasteiger partial charge on any atom is 0.311 e. The molecule has 0 spiro atoms. The molecule has 1 N–H and O–H groups in total. The predicted octanol–water partition coefficient (Wildman–Crippen LogP) is 4.25. The second-order valence-electron chi connectivity index (χ2n) is 5.64. The third-order valence-corrected chi connectivity index (χ3v) is 3.96.